The minimum atomic E-state index is 0.0361. The van der Waals surface area contributed by atoms with Gasteiger partial charge in [0.05, 0.1) is 18.5 Å². The Morgan fingerprint density at radius 3 is 3.07 bits per heavy atom. The van der Waals surface area contributed by atoms with Crippen LogP contribution in [-0.2, 0) is 13.7 Å². The number of terminal acetylenes is 1. The van der Waals surface area contributed by atoms with Gasteiger partial charge in [0.15, 0.2) is 5.16 Å². The third-order valence-corrected chi connectivity index (χ3v) is 3.03. The molecule has 1 N–H and O–H groups in total. The van der Waals surface area contributed by atoms with Crippen molar-refractivity contribution in [2.24, 2.45) is 7.05 Å². The van der Waals surface area contributed by atoms with E-state index in [1.165, 1.54) is 0 Å². The Bertz CT molecular complexity index is 327. The number of aliphatic hydroxyl groups is 1. The van der Waals surface area contributed by atoms with Crippen molar-refractivity contribution >= 4 is 11.8 Å². The normalized spacial score (nSPS) is 10.1. The number of thioether (sulfide) groups is 1. The van der Waals surface area contributed by atoms with E-state index in [0.29, 0.717) is 0 Å². The number of aliphatic hydroxyl groups excluding tert-OH is 1. The highest BCUT2D eigenvalue weighted by atomic mass is 32.2. The molecule has 0 aliphatic heterocycles. The molecule has 0 aliphatic carbocycles. The first-order chi connectivity index (χ1) is 6.79. The first kappa shape index (κ1) is 11.2. The SMILES string of the molecule is C#CCCCSc1ncc(CO)n1C. The Balaban J connectivity index is 2.43. The zero-order valence-corrected chi connectivity index (χ0v) is 9.05. The van der Waals surface area contributed by atoms with E-state index < -0.39 is 0 Å². The van der Waals surface area contributed by atoms with E-state index in [-0.39, 0.29) is 6.61 Å². The van der Waals surface area contributed by atoms with Gasteiger partial charge < -0.3 is 9.67 Å². The van der Waals surface area contributed by atoms with E-state index in [1.807, 2.05) is 11.6 Å². The van der Waals surface area contributed by atoms with Crippen molar-refractivity contribution in [1.82, 2.24) is 9.55 Å². The van der Waals surface area contributed by atoms with Crippen LogP contribution >= 0.6 is 11.8 Å². The fourth-order valence-corrected chi connectivity index (χ4v) is 1.95. The van der Waals surface area contributed by atoms with E-state index in [0.717, 1.165) is 29.4 Å². The molecule has 1 heterocycles. The molecule has 0 unspecified atom stereocenters. The van der Waals surface area contributed by atoms with E-state index in [1.54, 1.807) is 18.0 Å². The van der Waals surface area contributed by atoms with E-state index in [2.05, 4.69) is 10.9 Å². The topological polar surface area (TPSA) is 38.1 Å². The van der Waals surface area contributed by atoms with E-state index in [4.69, 9.17) is 11.5 Å². The van der Waals surface area contributed by atoms with Gasteiger partial charge >= 0.3 is 0 Å². The summed E-state index contributed by atoms with van der Waals surface area (Å²) in [5, 5.41) is 9.88. The Hall–Kier alpha value is -0.920. The summed E-state index contributed by atoms with van der Waals surface area (Å²) in [4.78, 5) is 4.20. The number of hydrogen-bond donors (Lipinski definition) is 1. The number of unbranched alkanes of at least 4 members (excludes halogenated alkanes) is 1. The molecule has 0 aliphatic rings. The molecule has 0 saturated carbocycles. The lowest BCUT2D eigenvalue weighted by molar-refractivity contribution is 0.271. The summed E-state index contributed by atoms with van der Waals surface area (Å²) >= 11 is 1.67. The summed E-state index contributed by atoms with van der Waals surface area (Å²) < 4.78 is 1.90. The van der Waals surface area contributed by atoms with Gasteiger partial charge in [0.2, 0.25) is 0 Å². The first-order valence-corrected chi connectivity index (χ1v) is 5.46. The number of aromatic nitrogens is 2. The maximum absolute atomic E-state index is 8.94. The lowest BCUT2D eigenvalue weighted by atomic mass is 10.4. The average molecular weight is 210 g/mol. The molecule has 0 amide bonds. The second-order valence-corrected chi connectivity index (χ2v) is 3.97. The van der Waals surface area contributed by atoms with Gasteiger partial charge in [-0.2, -0.15) is 0 Å². The largest absolute Gasteiger partial charge is 0.390 e. The Morgan fingerprint density at radius 1 is 1.71 bits per heavy atom. The summed E-state index contributed by atoms with van der Waals surface area (Å²) in [6, 6.07) is 0. The molecule has 4 heteroatoms. The summed E-state index contributed by atoms with van der Waals surface area (Å²) in [6.07, 6.45) is 8.66. The van der Waals surface area contributed by atoms with Crippen molar-refractivity contribution in [1.29, 1.82) is 0 Å². The predicted octanol–water partition coefficient (Wildman–Crippen LogP) is 1.42. The van der Waals surface area contributed by atoms with Gasteiger partial charge in [-0.25, -0.2) is 4.98 Å². The minimum Gasteiger partial charge on any atom is -0.390 e. The molecule has 3 nitrogen and oxygen atoms in total. The fraction of sp³-hybridized carbons (Fsp3) is 0.500. The van der Waals surface area contributed by atoms with Crippen LogP contribution in [0.25, 0.3) is 0 Å². The lowest BCUT2D eigenvalue weighted by Gasteiger charge is -2.02. The lowest BCUT2D eigenvalue weighted by Crippen LogP contribution is -1.97. The standard InChI is InChI=1S/C10H14N2OS/c1-3-4-5-6-14-10-11-7-9(8-13)12(10)2/h1,7,13H,4-6,8H2,2H3. The van der Waals surface area contributed by atoms with Crippen LogP contribution in [0.2, 0.25) is 0 Å². The van der Waals surface area contributed by atoms with Crippen molar-refractivity contribution in [3.8, 4) is 12.3 Å². The zero-order valence-electron chi connectivity index (χ0n) is 8.23. The smallest absolute Gasteiger partial charge is 0.167 e. The van der Waals surface area contributed by atoms with Crippen molar-refractivity contribution in [3.05, 3.63) is 11.9 Å². The highest BCUT2D eigenvalue weighted by Gasteiger charge is 2.04. The van der Waals surface area contributed by atoms with E-state index >= 15 is 0 Å². The number of hydrogen-bond acceptors (Lipinski definition) is 3. The van der Waals surface area contributed by atoms with Gasteiger partial charge in [-0.3, -0.25) is 0 Å². The summed E-state index contributed by atoms with van der Waals surface area (Å²) in [5.41, 5.74) is 0.837. The molecule has 1 aromatic heterocycles. The number of nitrogens with zero attached hydrogens (tertiary/aromatic N) is 2. The number of rotatable bonds is 5. The summed E-state index contributed by atoms with van der Waals surface area (Å²) in [6.45, 7) is 0.0361. The quantitative estimate of drug-likeness (QED) is 0.454. The van der Waals surface area contributed by atoms with Crippen LogP contribution in [0.15, 0.2) is 11.4 Å². The fourth-order valence-electron chi connectivity index (χ4n) is 1.04. The molecule has 0 radical (unpaired) electrons. The van der Waals surface area contributed by atoms with Gasteiger partial charge in [0, 0.05) is 19.2 Å². The van der Waals surface area contributed by atoms with Crippen LogP contribution in [0.4, 0.5) is 0 Å². The molecular formula is C10H14N2OS. The molecule has 0 aromatic carbocycles. The van der Waals surface area contributed by atoms with Crippen LogP contribution < -0.4 is 0 Å². The van der Waals surface area contributed by atoms with Gasteiger partial charge in [0.25, 0.3) is 0 Å². The van der Waals surface area contributed by atoms with Crippen LogP contribution in [0.3, 0.4) is 0 Å². The van der Waals surface area contributed by atoms with Crippen molar-refractivity contribution in [2.45, 2.75) is 24.6 Å². The van der Waals surface area contributed by atoms with Crippen molar-refractivity contribution < 1.29 is 5.11 Å². The zero-order chi connectivity index (χ0) is 10.4. The maximum Gasteiger partial charge on any atom is 0.167 e. The molecule has 1 rings (SSSR count). The van der Waals surface area contributed by atoms with Crippen LogP contribution in [0, 0.1) is 12.3 Å². The molecule has 0 spiro atoms. The Kier molecular flexibility index (Phi) is 4.57. The van der Waals surface area contributed by atoms with Gasteiger partial charge in [-0.05, 0) is 6.42 Å². The van der Waals surface area contributed by atoms with Crippen molar-refractivity contribution in [3.63, 3.8) is 0 Å². The highest BCUT2D eigenvalue weighted by molar-refractivity contribution is 7.99. The minimum absolute atomic E-state index is 0.0361. The molecule has 1 aromatic rings. The van der Waals surface area contributed by atoms with Gasteiger partial charge in [-0.1, -0.05) is 11.8 Å². The van der Waals surface area contributed by atoms with Crippen LogP contribution in [-0.4, -0.2) is 20.4 Å². The van der Waals surface area contributed by atoms with Crippen molar-refractivity contribution in [2.75, 3.05) is 5.75 Å². The number of imidazole rings is 1. The second-order valence-electron chi connectivity index (χ2n) is 2.91. The summed E-state index contributed by atoms with van der Waals surface area (Å²) in [7, 11) is 1.90. The molecule has 14 heavy (non-hydrogen) atoms. The Morgan fingerprint density at radius 2 is 2.50 bits per heavy atom. The Labute approximate surface area is 88.5 Å². The maximum atomic E-state index is 8.94. The van der Waals surface area contributed by atoms with Gasteiger partial charge in [-0.15, -0.1) is 12.3 Å². The molecule has 0 saturated heterocycles. The molecule has 0 atom stereocenters. The van der Waals surface area contributed by atoms with E-state index in [9.17, 15) is 0 Å². The third-order valence-electron chi connectivity index (χ3n) is 1.90. The summed E-state index contributed by atoms with van der Waals surface area (Å²) in [5.74, 6) is 3.58. The van der Waals surface area contributed by atoms with Gasteiger partial charge in [0.1, 0.15) is 0 Å². The van der Waals surface area contributed by atoms with Crippen LogP contribution in [0.1, 0.15) is 18.5 Å². The first-order valence-electron chi connectivity index (χ1n) is 4.47. The average Bonchev–Trinajstić information content (AvgIpc) is 2.55. The van der Waals surface area contributed by atoms with Crippen LogP contribution in [0.5, 0.6) is 0 Å². The highest BCUT2D eigenvalue weighted by Crippen LogP contribution is 2.18. The molecule has 0 bridgehead atoms. The monoisotopic (exact) mass is 210 g/mol. The molecule has 0 fully saturated rings. The third kappa shape index (κ3) is 2.79. The molecule has 76 valence electrons. The predicted molar refractivity (Wildman–Crippen MR) is 57.9 cm³/mol. The second kappa shape index (κ2) is 5.74. The molecular weight excluding hydrogens is 196 g/mol.